The van der Waals surface area contributed by atoms with Crippen molar-refractivity contribution in [3.8, 4) is 5.69 Å². The zero-order valence-electron chi connectivity index (χ0n) is 10.0. The van der Waals surface area contributed by atoms with E-state index in [0.29, 0.717) is 11.4 Å². The number of H-pyrrole nitrogens is 1. The van der Waals surface area contributed by atoms with Gasteiger partial charge < -0.3 is 9.88 Å². The maximum absolute atomic E-state index is 12.2. The number of aromatic amines is 1. The molecule has 3 aromatic rings. The van der Waals surface area contributed by atoms with Gasteiger partial charge in [-0.15, -0.1) is 11.3 Å². The molecular formula is C13H12N4OS. The quantitative estimate of drug-likeness (QED) is 0.764. The summed E-state index contributed by atoms with van der Waals surface area (Å²) in [5.41, 5.74) is 1.85. The van der Waals surface area contributed by atoms with E-state index < -0.39 is 0 Å². The molecule has 19 heavy (non-hydrogen) atoms. The molecule has 0 saturated carbocycles. The summed E-state index contributed by atoms with van der Waals surface area (Å²) in [6.45, 7) is 0.471. The molecule has 96 valence electrons. The molecule has 2 N–H and O–H groups in total. The van der Waals surface area contributed by atoms with Crippen LogP contribution in [0.5, 0.6) is 0 Å². The average molecular weight is 272 g/mol. The Labute approximate surface area is 113 Å². The van der Waals surface area contributed by atoms with Gasteiger partial charge in [0.15, 0.2) is 0 Å². The molecular weight excluding hydrogens is 260 g/mol. The smallest absolute Gasteiger partial charge is 0.263 e. The van der Waals surface area contributed by atoms with E-state index in [1.807, 2.05) is 40.5 Å². The largest absolute Gasteiger partial charge is 0.347 e. The second-order valence-corrected chi connectivity index (χ2v) is 4.93. The lowest BCUT2D eigenvalue weighted by molar-refractivity contribution is 0.0955. The van der Waals surface area contributed by atoms with Crippen molar-refractivity contribution in [1.29, 1.82) is 0 Å². The molecule has 0 aliphatic heterocycles. The molecule has 0 aliphatic carbocycles. The van der Waals surface area contributed by atoms with E-state index in [1.165, 1.54) is 11.3 Å². The van der Waals surface area contributed by atoms with Gasteiger partial charge in [0, 0.05) is 30.7 Å². The molecule has 3 heterocycles. The average Bonchev–Trinajstić information content (AvgIpc) is 3.14. The van der Waals surface area contributed by atoms with Crippen LogP contribution >= 0.6 is 11.3 Å². The minimum Gasteiger partial charge on any atom is -0.347 e. The summed E-state index contributed by atoms with van der Waals surface area (Å²) in [5.74, 6) is -0.0695. The van der Waals surface area contributed by atoms with Crippen LogP contribution < -0.4 is 5.32 Å². The molecule has 3 rings (SSSR count). The van der Waals surface area contributed by atoms with Gasteiger partial charge in [0.25, 0.3) is 5.91 Å². The first-order valence-corrected chi connectivity index (χ1v) is 6.69. The first-order chi connectivity index (χ1) is 9.34. The number of rotatable bonds is 4. The maximum atomic E-state index is 12.2. The number of nitrogens with zero attached hydrogens (tertiary/aromatic N) is 2. The molecule has 0 unspecified atom stereocenters. The highest BCUT2D eigenvalue weighted by Gasteiger charge is 2.13. The van der Waals surface area contributed by atoms with Gasteiger partial charge in [-0.3, -0.25) is 9.89 Å². The van der Waals surface area contributed by atoms with Crippen molar-refractivity contribution in [3.05, 3.63) is 58.8 Å². The summed E-state index contributed by atoms with van der Waals surface area (Å²) in [4.78, 5) is 12.9. The van der Waals surface area contributed by atoms with Crippen molar-refractivity contribution in [2.24, 2.45) is 0 Å². The van der Waals surface area contributed by atoms with Crippen molar-refractivity contribution in [1.82, 2.24) is 20.1 Å². The van der Waals surface area contributed by atoms with E-state index in [9.17, 15) is 4.79 Å². The van der Waals surface area contributed by atoms with Crippen molar-refractivity contribution in [3.63, 3.8) is 0 Å². The number of carbonyl (C=O) groups excluding carboxylic acids is 1. The zero-order valence-corrected chi connectivity index (χ0v) is 10.9. The number of aromatic nitrogens is 3. The topological polar surface area (TPSA) is 62.7 Å². The molecule has 0 aliphatic rings. The second kappa shape index (κ2) is 5.11. The highest BCUT2D eigenvalue weighted by atomic mass is 32.1. The fourth-order valence-electron chi connectivity index (χ4n) is 1.81. The van der Waals surface area contributed by atoms with Crippen molar-refractivity contribution in [2.45, 2.75) is 6.54 Å². The van der Waals surface area contributed by atoms with Crippen molar-refractivity contribution < 1.29 is 4.79 Å². The van der Waals surface area contributed by atoms with E-state index in [1.54, 1.807) is 12.4 Å². The number of thiophene rings is 1. The number of amides is 1. The van der Waals surface area contributed by atoms with Gasteiger partial charge in [0.05, 0.1) is 11.9 Å². The normalized spacial score (nSPS) is 10.5. The molecule has 0 spiro atoms. The van der Waals surface area contributed by atoms with Crippen LogP contribution in [0.3, 0.4) is 0 Å². The number of hydrogen-bond donors (Lipinski definition) is 2. The van der Waals surface area contributed by atoms with Gasteiger partial charge in [-0.05, 0) is 23.6 Å². The Balaban J connectivity index is 1.75. The minimum atomic E-state index is -0.0695. The number of nitrogens with one attached hydrogen (secondary N) is 2. The van der Waals surface area contributed by atoms with Gasteiger partial charge in [0.2, 0.25) is 0 Å². The van der Waals surface area contributed by atoms with Crippen molar-refractivity contribution >= 4 is 17.2 Å². The Morgan fingerprint density at radius 1 is 1.42 bits per heavy atom. The van der Waals surface area contributed by atoms with Gasteiger partial charge in [-0.25, -0.2) is 0 Å². The Hall–Kier alpha value is -2.34. The predicted octanol–water partition coefficient (Wildman–Crippen LogP) is 2.19. The van der Waals surface area contributed by atoms with Gasteiger partial charge >= 0.3 is 0 Å². The third-order valence-electron chi connectivity index (χ3n) is 2.74. The second-order valence-electron chi connectivity index (χ2n) is 4.01. The number of carbonyl (C=O) groups is 1. The Morgan fingerprint density at radius 3 is 3.00 bits per heavy atom. The van der Waals surface area contributed by atoms with Gasteiger partial charge in [0.1, 0.15) is 4.88 Å². The lowest BCUT2D eigenvalue weighted by atomic mass is 10.3. The molecule has 0 saturated heterocycles. The summed E-state index contributed by atoms with van der Waals surface area (Å²) in [5, 5.41) is 11.4. The SMILES string of the molecule is O=C(NCc1cn[nH]c1)c1sccc1-n1cccc1. The highest BCUT2D eigenvalue weighted by Crippen LogP contribution is 2.21. The molecule has 6 heteroatoms. The van der Waals surface area contributed by atoms with Crippen LogP contribution in [-0.2, 0) is 6.54 Å². The van der Waals surface area contributed by atoms with E-state index in [0.717, 1.165) is 11.3 Å². The third-order valence-corrected chi connectivity index (χ3v) is 3.64. The van der Waals surface area contributed by atoms with Crippen LogP contribution in [0.4, 0.5) is 0 Å². The van der Waals surface area contributed by atoms with Crippen LogP contribution in [0, 0.1) is 0 Å². The maximum Gasteiger partial charge on any atom is 0.263 e. The molecule has 3 aromatic heterocycles. The number of hydrogen-bond acceptors (Lipinski definition) is 3. The lowest BCUT2D eigenvalue weighted by Crippen LogP contribution is -2.22. The summed E-state index contributed by atoms with van der Waals surface area (Å²) >= 11 is 1.44. The Kier molecular flexibility index (Phi) is 3.16. The summed E-state index contributed by atoms with van der Waals surface area (Å²) < 4.78 is 1.93. The minimum absolute atomic E-state index is 0.0695. The Morgan fingerprint density at radius 2 is 2.26 bits per heavy atom. The van der Waals surface area contributed by atoms with Gasteiger partial charge in [-0.1, -0.05) is 0 Å². The van der Waals surface area contributed by atoms with E-state index >= 15 is 0 Å². The van der Waals surface area contributed by atoms with Crippen LogP contribution in [-0.4, -0.2) is 20.7 Å². The Bertz CT molecular complexity index is 655. The monoisotopic (exact) mass is 272 g/mol. The van der Waals surface area contributed by atoms with E-state index in [2.05, 4.69) is 15.5 Å². The molecule has 0 fully saturated rings. The van der Waals surface area contributed by atoms with Crippen LogP contribution in [0.15, 0.2) is 48.4 Å². The molecule has 0 aromatic carbocycles. The van der Waals surface area contributed by atoms with Gasteiger partial charge in [-0.2, -0.15) is 5.10 Å². The van der Waals surface area contributed by atoms with Crippen molar-refractivity contribution in [2.75, 3.05) is 0 Å². The van der Waals surface area contributed by atoms with Crippen LogP contribution in [0.1, 0.15) is 15.2 Å². The summed E-state index contributed by atoms with van der Waals surface area (Å²) in [6.07, 6.45) is 7.31. The first kappa shape index (κ1) is 11.7. The molecule has 5 nitrogen and oxygen atoms in total. The standard InChI is InChI=1S/C13H12N4OS/c18-13(14-7-10-8-15-16-9-10)12-11(3-6-19-12)17-4-1-2-5-17/h1-6,8-9H,7H2,(H,14,18)(H,15,16). The molecule has 0 bridgehead atoms. The molecule has 0 radical (unpaired) electrons. The molecule has 1 amide bonds. The van der Waals surface area contributed by atoms with Crippen LogP contribution in [0.2, 0.25) is 0 Å². The predicted molar refractivity (Wildman–Crippen MR) is 73.4 cm³/mol. The van der Waals surface area contributed by atoms with Crippen LogP contribution in [0.25, 0.3) is 5.69 Å². The molecule has 0 atom stereocenters. The summed E-state index contributed by atoms with van der Waals surface area (Å²) in [6, 6.07) is 5.81. The third kappa shape index (κ3) is 2.43. The van der Waals surface area contributed by atoms with E-state index in [4.69, 9.17) is 0 Å². The van der Waals surface area contributed by atoms with E-state index in [-0.39, 0.29) is 5.91 Å². The zero-order chi connectivity index (χ0) is 13.1. The lowest BCUT2D eigenvalue weighted by Gasteiger charge is -2.05. The summed E-state index contributed by atoms with van der Waals surface area (Å²) in [7, 11) is 0. The fourth-order valence-corrected chi connectivity index (χ4v) is 2.61. The first-order valence-electron chi connectivity index (χ1n) is 5.81. The fraction of sp³-hybridized carbons (Fsp3) is 0.0769. The highest BCUT2D eigenvalue weighted by molar-refractivity contribution is 7.12.